The molecule has 1 aromatic carbocycles. The van der Waals surface area contributed by atoms with Crippen molar-refractivity contribution >= 4 is 6.03 Å². The zero-order valence-corrected chi connectivity index (χ0v) is 13.8. The van der Waals surface area contributed by atoms with Gasteiger partial charge in [0.25, 0.3) is 0 Å². The van der Waals surface area contributed by atoms with Gasteiger partial charge in [-0.05, 0) is 42.8 Å². The van der Waals surface area contributed by atoms with E-state index in [-0.39, 0.29) is 12.6 Å². The third kappa shape index (κ3) is 4.27. The van der Waals surface area contributed by atoms with E-state index in [1.165, 1.54) is 6.26 Å². The van der Waals surface area contributed by atoms with E-state index in [1.807, 2.05) is 36.5 Å². The van der Waals surface area contributed by atoms with Gasteiger partial charge in [-0.3, -0.25) is 0 Å². The second-order valence-electron chi connectivity index (χ2n) is 5.91. The van der Waals surface area contributed by atoms with Gasteiger partial charge in [-0.15, -0.1) is 0 Å². The van der Waals surface area contributed by atoms with Crippen LogP contribution in [-0.2, 0) is 12.1 Å². The molecule has 2 amide bonds. The number of rotatable bonds is 6. The molecule has 0 spiro atoms. The highest BCUT2D eigenvalue weighted by Crippen LogP contribution is 2.19. The molecule has 2 aromatic heterocycles. The van der Waals surface area contributed by atoms with Crippen molar-refractivity contribution in [3.05, 3.63) is 72.4 Å². The number of carbonyl (C=O) groups excluding carboxylic acids is 1. The highest BCUT2D eigenvalue weighted by atomic mass is 16.4. The number of furan rings is 1. The molecule has 0 aliphatic rings. The van der Waals surface area contributed by atoms with Crippen LogP contribution in [0.3, 0.4) is 0 Å². The summed E-state index contributed by atoms with van der Waals surface area (Å²) in [5.41, 5.74) is 0.604. The first-order valence-corrected chi connectivity index (χ1v) is 7.92. The smallest absolute Gasteiger partial charge is 0.315 e. The average Bonchev–Trinajstić information content (AvgIpc) is 3.32. The van der Waals surface area contributed by atoms with Gasteiger partial charge in [0.15, 0.2) is 0 Å². The van der Waals surface area contributed by atoms with Crippen molar-refractivity contribution in [2.75, 3.05) is 6.54 Å². The molecule has 0 unspecified atom stereocenters. The van der Waals surface area contributed by atoms with E-state index in [1.54, 1.807) is 29.9 Å². The van der Waals surface area contributed by atoms with Crippen LogP contribution in [0.1, 0.15) is 18.2 Å². The first-order chi connectivity index (χ1) is 12.0. The molecule has 3 rings (SSSR count). The Morgan fingerprint density at radius 2 is 2.16 bits per heavy atom. The number of benzene rings is 1. The van der Waals surface area contributed by atoms with Gasteiger partial charge >= 0.3 is 6.03 Å². The Hall–Kier alpha value is -3.06. The fourth-order valence-corrected chi connectivity index (χ4v) is 2.40. The lowest BCUT2D eigenvalue weighted by atomic mass is 10.0. The molecule has 7 nitrogen and oxygen atoms in total. The number of aliphatic hydroxyl groups is 1. The summed E-state index contributed by atoms with van der Waals surface area (Å²) in [6.45, 7) is 1.99. The summed E-state index contributed by atoms with van der Waals surface area (Å²) < 4.78 is 6.93. The Labute approximate surface area is 145 Å². The molecule has 0 saturated carbocycles. The van der Waals surface area contributed by atoms with E-state index in [2.05, 4.69) is 15.7 Å². The van der Waals surface area contributed by atoms with E-state index in [0.29, 0.717) is 12.3 Å². The monoisotopic (exact) mass is 340 g/mol. The molecule has 0 fully saturated rings. The SMILES string of the molecule is C[C@@](O)(CNC(=O)NCc1cccc(-n2cccn2)c1)c1ccco1. The summed E-state index contributed by atoms with van der Waals surface area (Å²) in [5, 5.41) is 19.9. The van der Waals surface area contributed by atoms with E-state index in [4.69, 9.17) is 4.42 Å². The number of hydrogen-bond acceptors (Lipinski definition) is 4. The largest absolute Gasteiger partial charge is 0.466 e. The fourth-order valence-electron chi connectivity index (χ4n) is 2.40. The van der Waals surface area contributed by atoms with Crippen LogP contribution >= 0.6 is 0 Å². The normalized spacial score (nSPS) is 13.2. The number of nitrogens with one attached hydrogen (secondary N) is 2. The Kier molecular flexibility index (Phi) is 4.85. The minimum absolute atomic E-state index is 0.0413. The van der Waals surface area contributed by atoms with Crippen LogP contribution in [0.4, 0.5) is 4.79 Å². The summed E-state index contributed by atoms with van der Waals surface area (Å²) in [4.78, 5) is 12.0. The van der Waals surface area contributed by atoms with Crippen molar-refractivity contribution in [3.63, 3.8) is 0 Å². The Balaban J connectivity index is 1.52. The maximum absolute atomic E-state index is 12.0. The molecule has 0 bridgehead atoms. The lowest BCUT2D eigenvalue weighted by Gasteiger charge is -2.21. The molecule has 2 heterocycles. The van der Waals surface area contributed by atoms with Crippen LogP contribution in [-0.4, -0.2) is 27.5 Å². The van der Waals surface area contributed by atoms with Crippen molar-refractivity contribution < 1.29 is 14.3 Å². The van der Waals surface area contributed by atoms with Crippen LogP contribution in [0, 0.1) is 0 Å². The standard InChI is InChI=1S/C18H20N4O3/c1-18(24,16-7-3-10-25-16)13-20-17(23)19-12-14-5-2-6-15(11-14)22-9-4-8-21-22/h2-11,24H,12-13H2,1H3,(H2,19,20,23)/t18-/m1/s1. The Bertz CT molecular complexity index is 811. The van der Waals surface area contributed by atoms with Crippen LogP contribution in [0.2, 0.25) is 0 Å². The third-order valence-corrected chi connectivity index (χ3v) is 3.78. The number of aromatic nitrogens is 2. The number of nitrogens with zero attached hydrogens (tertiary/aromatic N) is 2. The van der Waals surface area contributed by atoms with Gasteiger partial charge in [-0.1, -0.05) is 12.1 Å². The fraction of sp³-hybridized carbons (Fsp3) is 0.222. The molecule has 130 valence electrons. The van der Waals surface area contributed by atoms with Crippen LogP contribution in [0.5, 0.6) is 0 Å². The van der Waals surface area contributed by atoms with Crippen LogP contribution < -0.4 is 10.6 Å². The van der Waals surface area contributed by atoms with Gasteiger partial charge in [-0.2, -0.15) is 5.10 Å². The van der Waals surface area contributed by atoms with Crippen LogP contribution in [0.15, 0.2) is 65.5 Å². The number of carbonyl (C=O) groups is 1. The Morgan fingerprint density at radius 1 is 1.28 bits per heavy atom. The molecular weight excluding hydrogens is 320 g/mol. The zero-order valence-electron chi connectivity index (χ0n) is 13.8. The lowest BCUT2D eigenvalue weighted by molar-refractivity contribution is 0.0367. The van der Waals surface area contributed by atoms with Gasteiger partial charge in [0.05, 0.1) is 18.5 Å². The molecule has 3 aromatic rings. The number of urea groups is 1. The second kappa shape index (κ2) is 7.23. The minimum atomic E-state index is -1.26. The number of amides is 2. The molecule has 0 radical (unpaired) electrons. The summed E-state index contributed by atoms with van der Waals surface area (Å²) >= 11 is 0. The minimum Gasteiger partial charge on any atom is -0.466 e. The van der Waals surface area contributed by atoms with E-state index < -0.39 is 5.60 Å². The quantitative estimate of drug-likeness (QED) is 0.641. The predicted octanol–water partition coefficient (Wildman–Crippen LogP) is 2.17. The maximum atomic E-state index is 12.0. The van der Waals surface area contributed by atoms with Gasteiger partial charge in [-0.25, -0.2) is 9.48 Å². The summed E-state index contributed by atoms with van der Waals surface area (Å²) in [6.07, 6.45) is 5.05. The molecule has 25 heavy (non-hydrogen) atoms. The summed E-state index contributed by atoms with van der Waals surface area (Å²) in [7, 11) is 0. The molecule has 7 heteroatoms. The summed E-state index contributed by atoms with van der Waals surface area (Å²) in [5.74, 6) is 0.403. The summed E-state index contributed by atoms with van der Waals surface area (Å²) in [6, 6.07) is 12.6. The van der Waals surface area contributed by atoms with Crippen molar-refractivity contribution in [3.8, 4) is 5.69 Å². The van der Waals surface area contributed by atoms with Gasteiger partial charge in [0.1, 0.15) is 11.4 Å². The molecule has 0 aliphatic heterocycles. The predicted molar refractivity (Wildman–Crippen MR) is 92.1 cm³/mol. The first kappa shape index (κ1) is 16.8. The van der Waals surface area contributed by atoms with Crippen molar-refractivity contribution in [2.45, 2.75) is 19.1 Å². The van der Waals surface area contributed by atoms with E-state index >= 15 is 0 Å². The second-order valence-corrected chi connectivity index (χ2v) is 5.91. The van der Waals surface area contributed by atoms with Gasteiger partial charge in [0, 0.05) is 18.9 Å². The number of hydrogen-bond donors (Lipinski definition) is 3. The molecule has 0 aliphatic carbocycles. The van der Waals surface area contributed by atoms with E-state index in [0.717, 1.165) is 11.3 Å². The van der Waals surface area contributed by atoms with Gasteiger partial charge in [0.2, 0.25) is 0 Å². The third-order valence-electron chi connectivity index (χ3n) is 3.78. The zero-order chi connectivity index (χ0) is 17.7. The first-order valence-electron chi connectivity index (χ1n) is 7.92. The highest BCUT2D eigenvalue weighted by molar-refractivity contribution is 5.73. The van der Waals surface area contributed by atoms with E-state index in [9.17, 15) is 9.90 Å². The molecule has 0 saturated heterocycles. The topological polar surface area (TPSA) is 92.3 Å². The van der Waals surface area contributed by atoms with Crippen molar-refractivity contribution in [2.24, 2.45) is 0 Å². The molecule has 1 atom stereocenters. The maximum Gasteiger partial charge on any atom is 0.315 e. The van der Waals surface area contributed by atoms with Crippen molar-refractivity contribution in [1.82, 2.24) is 20.4 Å². The Morgan fingerprint density at radius 3 is 2.88 bits per heavy atom. The van der Waals surface area contributed by atoms with Crippen molar-refractivity contribution in [1.29, 1.82) is 0 Å². The molecule has 3 N–H and O–H groups in total. The average molecular weight is 340 g/mol. The van der Waals surface area contributed by atoms with Gasteiger partial charge < -0.3 is 20.2 Å². The van der Waals surface area contributed by atoms with Crippen LogP contribution in [0.25, 0.3) is 5.69 Å². The molecular formula is C18H20N4O3. The lowest BCUT2D eigenvalue weighted by Crippen LogP contribution is -2.43. The highest BCUT2D eigenvalue weighted by Gasteiger charge is 2.26.